The Bertz CT molecular complexity index is 641. The number of pyridine rings is 1. The van der Waals surface area contributed by atoms with Gasteiger partial charge >= 0.3 is 6.09 Å². The smallest absolute Gasteiger partial charge is 0.412 e. The molecule has 0 unspecified atom stereocenters. The second-order valence-corrected chi connectivity index (χ2v) is 4.75. The lowest BCUT2D eigenvalue weighted by molar-refractivity contribution is 0.201. The molecule has 1 N–H and O–H groups in total. The maximum atomic E-state index is 11.5. The van der Waals surface area contributed by atoms with E-state index in [9.17, 15) is 9.90 Å². The van der Waals surface area contributed by atoms with Crippen LogP contribution in [-0.4, -0.2) is 23.3 Å². The average Bonchev–Trinajstić information content (AvgIpc) is 2.47. The monoisotopic (exact) mass is 286 g/mol. The summed E-state index contributed by atoms with van der Waals surface area (Å²) in [6.45, 7) is 3.98. The molecular weight excluding hydrogens is 268 g/mol. The maximum absolute atomic E-state index is 11.5. The minimum atomic E-state index is -1.01. The molecule has 110 valence electrons. The van der Waals surface area contributed by atoms with E-state index in [1.165, 1.54) is 4.90 Å². The van der Waals surface area contributed by atoms with E-state index >= 15 is 0 Å². The Morgan fingerprint density at radius 3 is 2.52 bits per heavy atom. The van der Waals surface area contributed by atoms with Gasteiger partial charge in [-0.1, -0.05) is 18.2 Å². The van der Waals surface area contributed by atoms with E-state index in [-0.39, 0.29) is 6.54 Å². The number of nitrogens with zero attached hydrogens (tertiary/aromatic N) is 2. The summed E-state index contributed by atoms with van der Waals surface area (Å²) in [5.74, 6) is 0.749. The Kier molecular flexibility index (Phi) is 4.42. The Morgan fingerprint density at radius 2 is 1.95 bits per heavy atom. The number of anilines is 1. The van der Waals surface area contributed by atoms with E-state index in [0.717, 1.165) is 16.9 Å². The fraction of sp³-hybridized carbons (Fsp3) is 0.250. The topological polar surface area (TPSA) is 62.7 Å². The number of amides is 1. The fourth-order valence-electron chi connectivity index (χ4n) is 2.26. The molecular formula is C16H18N2O3. The predicted molar refractivity (Wildman–Crippen MR) is 80.9 cm³/mol. The standard InChI is InChI=1S/C16H18N2O3/c1-11-9-17-14(12(2)15(11)21-3)10-18(16(19)20)13-7-5-4-6-8-13/h4-9H,10H2,1-3H3,(H,19,20). The van der Waals surface area contributed by atoms with Gasteiger partial charge in [-0.05, 0) is 26.0 Å². The van der Waals surface area contributed by atoms with Crippen molar-refractivity contribution < 1.29 is 14.6 Å². The van der Waals surface area contributed by atoms with Gasteiger partial charge in [0.15, 0.2) is 0 Å². The van der Waals surface area contributed by atoms with Crippen molar-refractivity contribution in [1.29, 1.82) is 0 Å². The molecule has 0 atom stereocenters. The molecule has 5 nitrogen and oxygen atoms in total. The largest absolute Gasteiger partial charge is 0.496 e. The number of rotatable bonds is 4. The number of benzene rings is 1. The van der Waals surface area contributed by atoms with Crippen LogP contribution in [0.1, 0.15) is 16.8 Å². The van der Waals surface area contributed by atoms with Gasteiger partial charge in [0.1, 0.15) is 5.75 Å². The normalized spacial score (nSPS) is 10.2. The number of aromatic nitrogens is 1. The number of ether oxygens (including phenoxy) is 1. The van der Waals surface area contributed by atoms with Crippen LogP contribution >= 0.6 is 0 Å². The summed E-state index contributed by atoms with van der Waals surface area (Å²) in [5.41, 5.74) is 3.09. The van der Waals surface area contributed by atoms with Gasteiger partial charge in [-0.3, -0.25) is 9.88 Å². The summed E-state index contributed by atoms with van der Waals surface area (Å²) < 4.78 is 5.36. The van der Waals surface area contributed by atoms with Crippen molar-refractivity contribution in [2.24, 2.45) is 0 Å². The highest BCUT2D eigenvalue weighted by molar-refractivity contribution is 5.85. The summed E-state index contributed by atoms with van der Waals surface area (Å²) in [5, 5.41) is 9.43. The van der Waals surface area contributed by atoms with Gasteiger partial charge in [0.05, 0.1) is 19.3 Å². The Balaban J connectivity index is 2.37. The molecule has 0 saturated heterocycles. The lowest BCUT2D eigenvalue weighted by Gasteiger charge is -2.21. The van der Waals surface area contributed by atoms with Gasteiger partial charge < -0.3 is 9.84 Å². The van der Waals surface area contributed by atoms with Crippen molar-refractivity contribution in [3.8, 4) is 5.75 Å². The summed E-state index contributed by atoms with van der Waals surface area (Å²) in [4.78, 5) is 17.1. The molecule has 0 aliphatic heterocycles. The van der Waals surface area contributed by atoms with E-state index in [1.54, 1.807) is 37.6 Å². The van der Waals surface area contributed by atoms with E-state index in [4.69, 9.17) is 4.74 Å². The molecule has 0 bridgehead atoms. The molecule has 0 aliphatic carbocycles. The second-order valence-electron chi connectivity index (χ2n) is 4.75. The second kappa shape index (κ2) is 6.26. The summed E-state index contributed by atoms with van der Waals surface area (Å²) in [6, 6.07) is 8.98. The van der Waals surface area contributed by atoms with Crippen LogP contribution in [0.3, 0.4) is 0 Å². The minimum absolute atomic E-state index is 0.182. The van der Waals surface area contributed by atoms with Gasteiger partial charge in [0, 0.05) is 23.0 Å². The van der Waals surface area contributed by atoms with Crippen LogP contribution in [0, 0.1) is 13.8 Å². The van der Waals surface area contributed by atoms with Gasteiger partial charge in [-0.15, -0.1) is 0 Å². The summed E-state index contributed by atoms with van der Waals surface area (Å²) >= 11 is 0. The first kappa shape index (κ1) is 14.8. The average molecular weight is 286 g/mol. The third-order valence-electron chi connectivity index (χ3n) is 3.36. The Morgan fingerprint density at radius 1 is 1.29 bits per heavy atom. The van der Waals surface area contributed by atoms with Crippen LogP contribution in [0.15, 0.2) is 36.5 Å². The Labute approximate surface area is 123 Å². The van der Waals surface area contributed by atoms with Crippen LogP contribution in [0.2, 0.25) is 0 Å². The predicted octanol–water partition coefficient (Wildman–Crippen LogP) is 3.39. The first-order valence-corrected chi connectivity index (χ1v) is 6.59. The quantitative estimate of drug-likeness (QED) is 0.935. The number of methoxy groups -OCH3 is 1. The minimum Gasteiger partial charge on any atom is -0.496 e. The van der Waals surface area contributed by atoms with Crippen LogP contribution in [0.4, 0.5) is 10.5 Å². The molecule has 0 aliphatic rings. The number of aryl methyl sites for hydroxylation is 1. The molecule has 5 heteroatoms. The van der Waals surface area contributed by atoms with Gasteiger partial charge in [-0.25, -0.2) is 4.79 Å². The number of hydrogen-bond donors (Lipinski definition) is 1. The van der Waals surface area contributed by atoms with Gasteiger partial charge in [-0.2, -0.15) is 0 Å². The molecule has 0 radical (unpaired) electrons. The van der Waals surface area contributed by atoms with Gasteiger partial charge in [0.2, 0.25) is 0 Å². The van der Waals surface area contributed by atoms with Crippen molar-refractivity contribution >= 4 is 11.8 Å². The van der Waals surface area contributed by atoms with E-state index in [1.807, 2.05) is 19.9 Å². The zero-order valence-electron chi connectivity index (χ0n) is 12.3. The molecule has 1 heterocycles. The van der Waals surface area contributed by atoms with Crippen LogP contribution in [0.5, 0.6) is 5.75 Å². The highest BCUT2D eigenvalue weighted by atomic mass is 16.5. The van der Waals surface area contributed by atoms with E-state index in [0.29, 0.717) is 11.4 Å². The Hall–Kier alpha value is -2.56. The summed E-state index contributed by atoms with van der Waals surface area (Å²) in [6.07, 6.45) is 0.688. The first-order chi connectivity index (χ1) is 10.0. The highest BCUT2D eigenvalue weighted by Gasteiger charge is 2.18. The van der Waals surface area contributed by atoms with E-state index < -0.39 is 6.09 Å². The zero-order chi connectivity index (χ0) is 15.4. The molecule has 2 aromatic rings. The van der Waals surface area contributed by atoms with E-state index in [2.05, 4.69) is 4.98 Å². The molecule has 0 fully saturated rings. The maximum Gasteiger partial charge on any atom is 0.412 e. The van der Waals surface area contributed by atoms with Crippen LogP contribution in [0.25, 0.3) is 0 Å². The number of para-hydroxylation sites is 1. The summed E-state index contributed by atoms with van der Waals surface area (Å²) in [7, 11) is 1.60. The molecule has 0 saturated carbocycles. The lowest BCUT2D eigenvalue weighted by atomic mass is 10.1. The van der Waals surface area contributed by atoms with Crippen molar-refractivity contribution in [2.45, 2.75) is 20.4 Å². The number of carboxylic acid groups (broad SMARTS) is 1. The van der Waals surface area contributed by atoms with Crippen molar-refractivity contribution in [3.63, 3.8) is 0 Å². The molecule has 0 spiro atoms. The lowest BCUT2D eigenvalue weighted by Crippen LogP contribution is -2.29. The van der Waals surface area contributed by atoms with Crippen LogP contribution in [-0.2, 0) is 6.54 Å². The molecule has 2 rings (SSSR count). The van der Waals surface area contributed by atoms with Crippen molar-refractivity contribution in [3.05, 3.63) is 53.3 Å². The highest BCUT2D eigenvalue weighted by Crippen LogP contribution is 2.26. The molecule has 1 aromatic heterocycles. The SMILES string of the molecule is COc1c(C)cnc(CN(C(=O)O)c2ccccc2)c1C. The van der Waals surface area contributed by atoms with Crippen molar-refractivity contribution in [1.82, 2.24) is 4.98 Å². The number of carbonyl (C=O) groups is 1. The van der Waals surface area contributed by atoms with Gasteiger partial charge in [0.25, 0.3) is 0 Å². The number of hydrogen-bond acceptors (Lipinski definition) is 3. The zero-order valence-corrected chi connectivity index (χ0v) is 12.3. The first-order valence-electron chi connectivity index (χ1n) is 6.59. The molecule has 1 aromatic carbocycles. The molecule has 21 heavy (non-hydrogen) atoms. The van der Waals surface area contributed by atoms with Crippen molar-refractivity contribution in [2.75, 3.05) is 12.0 Å². The molecule has 1 amide bonds. The third-order valence-corrected chi connectivity index (χ3v) is 3.36. The third kappa shape index (κ3) is 3.13. The van der Waals surface area contributed by atoms with Crippen LogP contribution < -0.4 is 9.64 Å². The fourth-order valence-corrected chi connectivity index (χ4v) is 2.26.